The standard InChI is InChI=1S/C14H18N2O/c1-4-14(2,3)12-10-13(17)16(15-12)11-8-6-5-7-9-11/h5-10,17H,4H2,1-3H3. The Morgan fingerprint density at radius 3 is 2.47 bits per heavy atom. The third kappa shape index (κ3) is 2.18. The van der Waals surface area contributed by atoms with Gasteiger partial charge in [0.05, 0.1) is 11.4 Å². The van der Waals surface area contributed by atoms with Crippen molar-refractivity contribution < 1.29 is 5.11 Å². The van der Waals surface area contributed by atoms with Gasteiger partial charge in [-0.2, -0.15) is 5.10 Å². The summed E-state index contributed by atoms with van der Waals surface area (Å²) in [5.41, 5.74) is 1.78. The maximum Gasteiger partial charge on any atom is 0.214 e. The monoisotopic (exact) mass is 230 g/mol. The van der Waals surface area contributed by atoms with E-state index < -0.39 is 0 Å². The van der Waals surface area contributed by atoms with Crippen LogP contribution in [0, 0.1) is 0 Å². The zero-order chi connectivity index (χ0) is 12.5. The highest BCUT2D eigenvalue weighted by molar-refractivity contribution is 5.36. The number of aromatic hydroxyl groups is 1. The minimum Gasteiger partial charge on any atom is -0.493 e. The molecule has 0 aliphatic carbocycles. The predicted molar refractivity (Wildman–Crippen MR) is 68.5 cm³/mol. The molecule has 0 bridgehead atoms. The number of para-hydroxylation sites is 1. The Balaban J connectivity index is 2.45. The van der Waals surface area contributed by atoms with Crippen molar-refractivity contribution in [2.45, 2.75) is 32.6 Å². The normalized spacial score (nSPS) is 11.7. The molecule has 0 amide bonds. The van der Waals surface area contributed by atoms with Crippen molar-refractivity contribution in [1.29, 1.82) is 0 Å². The number of nitrogens with zero attached hydrogens (tertiary/aromatic N) is 2. The molecule has 0 aliphatic heterocycles. The van der Waals surface area contributed by atoms with Crippen molar-refractivity contribution >= 4 is 0 Å². The fourth-order valence-corrected chi connectivity index (χ4v) is 1.64. The van der Waals surface area contributed by atoms with E-state index in [0.717, 1.165) is 17.8 Å². The first-order valence-corrected chi connectivity index (χ1v) is 5.89. The quantitative estimate of drug-likeness (QED) is 0.878. The Bertz CT molecular complexity index is 500. The smallest absolute Gasteiger partial charge is 0.214 e. The van der Waals surface area contributed by atoms with Crippen LogP contribution in [0.1, 0.15) is 32.9 Å². The van der Waals surface area contributed by atoms with Gasteiger partial charge in [0.1, 0.15) is 0 Å². The number of rotatable bonds is 3. The van der Waals surface area contributed by atoms with E-state index in [-0.39, 0.29) is 11.3 Å². The Morgan fingerprint density at radius 2 is 1.88 bits per heavy atom. The van der Waals surface area contributed by atoms with E-state index in [4.69, 9.17) is 0 Å². The number of aromatic nitrogens is 2. The molecule has 1 aromatic carbocycles. The van der Waals surface area contributed by atoms with Gasteiger partial charge < -0.3 is 5.11 Å². The van der Waals surface area contributed by atoms with Crippen LogP contribution in [0.25, 0.3) is 5.69 Å². The summed E-state index contributed by atoms with van der Waals surface area (Å²) in [5.74, 6) is 0.188. The van der Waals surface area contributed by atoms with Gasteiger partial charge in [-0.25, -0.2) is 4.68 Å². The second kappa shape index (κ2) is 4.24. The summed E-state index contributed by atoms with van der Waals surface area (Å²) in [6, 6.07) is 11.4. The molecule has 0 unspecified atom stereocenters. The predicted octanol–water partition coefficient (Wildman–Crippen LogP) is 3.27. The first-order valence-electron chi connectivity index (χ1n) is 5.89. The van der Waals surface area contributed by atoms with Gasteiger partial charge in [0, 0.05) is 11.5 Å². The summed E-state index contributed by atoms with van der Waals surface area (Å²) in [4.78, 5) is 0. The summed E-state index contributed by atoms with van der Waals surface area (Å²) >= 11 is 0. The lowest BCUT2D eigenvalue weighted by Gasteiger charge is -2.19. The molecular weight excluding hydrogens is 212 g/mol. The van der Waals surface area contributed by atoms with Crippen LogP contribution in [0.3, 0.4) is 0 Å². The summed E-state index contributed by atoms with van der Waals surface area (Å²) < 4.78 is 1.58. The first kappa shape index (κ1) is 11.7. The third-order valence-corrected chi connectivity index (χ3v) is 3.27. The Kier molecular flexibility index (Phi) is 2.92. The average molecular weight is 230 g/mol. The van der Waals surface area contributed by atoms with E-state index >= 15 is 0 Å². The molecule has 2 rings (SSSR count). The van der Waals surface area contributed by atoms with E-state index in [9.17, 15) is 5.11 Å². The highest BCUT2D eigenvalue weighted by Gasteiger charge is 2.23. The van der Waals surface area contributed by atoms with E-state index in [1.165, 1.54) is 0 Å². The van der Waals surface area contributed by atoms with Gasteiger partial charge in [-0.05, 0) is 18.6 Å². The molecule has 17 heavy (non-hydrogen) atoms. The molecule has 1 aromatic heterocycles. The first-order chi connectivity index (χ1) is 8.04. The van der Waals surface area contributed by atoms with E-state index in [1.807, 2.05) is 30.3 Å². The van der Waals surface area contributed by atoms with Crippen molar-refractivity contribution in [1.82, 2.24) is 9.78 Å². The fraction of sp³-hybridized carbons (Fsp3) is 0.357. The van der Waals surface area contributed by atoms with Crippen LogP contribution in [-0.4, -0.2) is 14.9 Å². The van der Waals surface area contributed by atoms with E-state index in [2.05, 4.69) is 25.9 Å². The maximum atomic E-state index is 9.94. The number of hydrogen-bond acceptors (Lipinski definition) is 2. The van der Waals surface area contributed by atoms with Crippen LogP contribution >= 0.6 is 0 Å². The van der Waals surface area contributed by atoms with Crippen LogP contribution < -0.4 is 0 Å². The largest absolute Gasteiger partial charge is 0.493 e. The molecule has 0 spiro atoms. The highest BCUT2D eigenvalue weighted by atomic mass is 16.3. The van der Waals surface area contributed by atoms with Crippen molar-refractivity contribution in [2.75, 3.05) is 0 Å². The molecule has 0 radical (unpaired) electrons. The highest BCUT2D eigenvalue weighted by Crippen LogP contribution is 2.29. The van der Waals surface area contributed by atoms with Crippen LogP contribution in [0.15, 0.2) is 36.4 Å². The van der Waals surface area contributed by atoms with Crippen molar-refractivity contribution in [2.24, 2.45) is 0 Å². The van der Waals surface area contributed by atoms with Gasteiger partial charge in [-0.3, -0.25) is 0 Å². The van der Waals surface area contributed by atoms with Gasteiger partial charge in [-0.15, -0.1) is 0 Å². The van der Waals surface area contributed by atoms with Crippen LogP contribution in [0.4, 0.5) is 0 Å². The molecular formula is C14H18N2O. The Morgan fingerprint density at radius 1 is 1.24 bits per heavy atom. The maximum absolute atomic E-state index is 9.94. The summed E-state index contributed by atoms with van der Waals surface area (Å²) in [5, 5.41) is 14.4. The molecule has 0 saturated heterocycles. The van der Waals surface area contributed by atoms with Gasteiger partial charge in [0.25, 0.3) is 0 Å². The lowest BCUT2D eigenvalue weighted by molar-refractivity contribution is 0.433. The van der Waals surface area contributed by atoms with Gasteiger partial charge in [0.2, 0.25) is 5.88 Å². The fourth-order valence-electron chi connectivity index (χ4n) is 1.64. The summed E-state index contributed by atoms with van der Waals surface area (Å²) in [6.07, 6.45) is 0.984. The van der Waals surface area contributed by atoms with E-state index in [1.54, 1.807) is 10.7 Å². The van der Waals surface area contributed by atoms with Gasteiger partial charge >= 0.3 is 0 Å². The SMILES string of the molecule is CCC(C)(C)c1cc(O)n(-c2ccccc2)n1. The topological polar surface area (TPSA) is 38.0 Å². The molecule has 1 heterocycles. The molecule has 3 heteroatoms. The summed E-state index contributed by atoms with van der Waals surface area (Å²) in [6.45, 7) is 6.38. The molecule has 0 atom stereocenters. The second-order valence-electron chi connectivity index (χ2n) is 4.87. The van der Waals surface area contributed by atoms with Crippen LogP contribution in [0.2, 0.25) is 0 Å². The lowest BCUT2D eigenvalue weighted by atomic mass is 9.87. The Labute approximate surface area is 102 Å². The van der Waals surface area contributed by atoms with Crippen LogP contribution in [-0.2, 0) is 5.41 Å². The van der Waals surface area contributed by atoms with E-state index in [0.29, 0.717) is 0 Å². The van der Waals surface area contributed by atoms with Crippen molar-refractivity contribution in [3.63, 3.8) is 0 Å². The molecule has 3 nitrogen and oxygen atoms in total. The second-order valence-corrected chi connectivity index (χ2v) is 4.87. The summed E-state index contributed by atoms with van der Waals surface area (Å²) in [7, 11) is 0. The minimum atomic E-state index is -0.0164. The molecule has 0 fully saturated rings. The molecule has 1 N–H and O–H groups in total. The van der Waals surface area contributed by atoms with Gasteiger partial charge in [-0.1, -0.05) is 39.0 Å². The lowest BCUT2D eigenvalue weighted by Crippen LogP contribution is -2.16. The molecule has 0 aliphatic rings. The minimum absolute atomic E-state index is 0.0164. The third-order valence-electron chi connectivity index (χ3n) is 3.27. The zero-order valence-electron chi connectivity index (χ0n) is 10.5. The molecule has 0 saturated carbocycles. The number of benzene rings is 1. The molecule has 90 valence electrons. The molecule has 2 aromatic rings. The van der Waals surface area contributed by atoms with Crippen molar-refractivity contribution in [3.05, 3.63) is 42.1 Å². The number of hydrogen-bond donors (Lipinski definition) is 1. The van der Waals surface area contributed by atoms with Crippen molar-refractivity contribution in [3.8, 4) is 11.6 Å². The average Bonchev–Trinajstić information content (AvgIpc) is 2.73. The van der Waals surface area contributed by atoms with Gasteiger partial charge in [0.15, 0.2) is 0 Å². The van der Waals surface area contributed by atoms with Crippen LogP contribution in [0.5, 0.6) is 5.88 Å². The zero-order valence-corrected chi connectivity index (χ0v) is 10.5. The Hall–Kier alpha value is -1.77.